The number of halogens is 1. The largest absolute Gasteiger partial charge is 0.370 e. The summed E-state index contributed by atoms with van der Waals surface area (Å²) in [7, 11) is 0. The standard InChI is InChI=1S/C12H12ClN5O2/c13-10-7-11(17-12(14)16-10)15-5-4-8-2-1-3-9(6-8)18(19)20/h1-3,6-7H,4-5H2,(H3,14,15,16,17). The Morgan fingerprint density at radius 1 is 1.35 bits per heavy atom. The van der Waals surface area contributed by atoms with E-state index in [2.05, 4.69) is 15.3 Å². The second kappa shape index (κ2) is 6.16. The van der Waals surface area contributed by atoms with Crippen molar-refractivity contribution in [3.63, 3.8) is 0 Å². The Morgan fingerprint density at radius 3 is 2.85 bits per heavy atom. The highest BCUT2D eigenvalue weighted by Gasteiger charge is 2.05. The van der Waals surface area contributed by atoms with Gasteiger partial charge in [0.1, 0.15) is 11.0 Å². The van der Waals surface area contributed by atoms with Crippen LogP contribution in [0.4, 0.5) is 17.5 Å². The summed E-state index contributed by atoms with van der Waals surface area (Å²) in [5.41, 5.74) is 6.42. The van der Waals surface area contributed by atoms with Crippen molar-refractivity contribution in [3.8, 4) is 0 Å². The quantitative estimate of drug-likeness (QED) is 0.497. The average molecular weight is 294 g/mol. The average Bonchev–Trinajstić information content (AvgIpc) is 2.38. The number of hydrogen-bond donors (Lipinski definition) is 2. The fourth-order valence-corrected chi connectivity index (χ4v) is 1.88. The summed E-state index contributed by atoms with van der Waals surface area (Å²) in [6.45, 7) is 0.550. The summed E-state index contributed by atoms with van der Waals surface area (Å²) in [5.74, 6) is 0.614. The number of non-ortho nitro benzene ring substituents is 1. The van der Waals surface area contributed by atoms with Crippen LogP contribution in [0.3, 0.4) is 0 Å². The minimum absolute atomic E-state index is 0.0804. The molecule has 0 saturated heterocycles. The first-order valence-corrected chi connectivity index (χ1v) is 6.19. The first-order valence-electron chi connectivity index (χ1n) is 5.82. The summed E-state index contributed by atoms with van der Waals surface area (Å²) >= 11 is 5.76. The van der Waals surface area contributed by atoms with Crippen LogP contribution in [0.15, 0.2) is 30.3 Å². The molecule has 0 saturated carbocycles. The van der Waals surface area contributed by atoms with Gasteiger partial charge in [0, 0.05) is 24.7 Å². The van der Waals surface area contributed by atoms with Gasteiger partial charge >= 0.3 is 0 Å². The van der Waals surface area contributed by atoms with Crippen LogP contribution in [-0.2, 0) is 6.42 Å². The molecule has 0 unspecified atom stereocenters. The Labute approximate surface area is 120 Å². The fraction of sp³-hybridized carbons (Fsp3) is 0.167. The molecule has 1 aromatic carbocycles. The van der Waals surface area contributed by atoms with Crippen molar-refractivity contribution in [2.45, 2.75) is 6.42 Å². The molecule has 0 aliphatic rings. The summed E-state index contributed by atoms with van der Waals surface area (Å²) in [6, 6.07) is 8.05. The number of nitrogens with zero attached hydrogens (tertiary/aromatic N) is 3. The van der Waals surface area contributed by atoms with Crippen LogP contribution in [0.5, 0.6) is 0 Å². The third-order valence-corrected chi connectivity index (χ3v) is 2.75. The third kappa shape index (κ3) is 3.79. The molecule has 2 rings (SSSR count). The molecule has 7 nitrogen and oxygen atoms in total. The van der Waals surface area contributed by atoms with Gasteiger partial charge in [-0.05, 0) is 12.0 Å². The molecule has 0 fully saturated rings. The van der Waals surface area contributed by atoms with E-state index < -0.39 is 4.92 Å². The number of nitrogens with two attached hydrogens (primary N) is 1. The van der Waals surface area contributed by atoms with E-state index >= 15 is 0 Å². The van der Waals surface area contributed by atoms with E-state index in [0.717, 1.165) is 5.56 Å². The van der Waals surface area contributed by atoms with Crippen molar-refractivity contribution < 1.29 is 4.92 Å². The SMILES string of the molecule is Nc1nc(Cl)cc(NCCc2cccc([N+](=O)[O-])c2)n1. The Hall–Kier alpha value is -2.41. The summed E-state index contributed by atoms with van der Waals surface area (Å²) < 4.78 is 0. The highest BCUT2D eigenvalue weighted by molar-refractivity contribution is 6.29. The first-order chi connectivity index (χ1) is 9.54. The number of aromatic nitrogens is 2. The highest BCUT2D eigenvalue weighted by Crippen LogP contribution is 2.15. The molecule has 104 valence electrons. The summed E-state index contributed by atoms with van der Waals surface area (Å²) in [4.78, 5) is 18.0. The molecule has 2 aromatic rings. The predicted octanol–water partition coefficient (Wildman–Crippen LogP) is 2.28. The van der Waals surface area contributed by atoms with Gasteiger partial charge in [0.05, 0.1) is 4.92 Å². The molecule has 0 atom stereocenters. The number of nitro groups is 1. The van der Waals surface area contributed by atoms with E-state index in [-0.39, 0.29) is 16.8 Å². The first kappa shape index (κ1) is 14.0. The highest BCUT2D eigenvalue weighted by atomic mass is 35.5. The second-order valence-corrected chi connectivity index (χ2v) is 4.43. The lowest BCUT2D eigenvalue weighted by Crippen LogP contribution is -2.08. The topological polar surface area (TPSA) is 107 Å². The van der Waals surface area contributed by atoms with Crippen LogP contribution in [0, 0.1) is 10.1 Å². The molecule has 20 heavy (non-hydrogen) atoms. The number of benzene rings is 1. The molecule has 3 N–H and O–H groups in total. The van der Waals surface area contributed by atoms with Crippen molar-refractivity contribution in [1.82, 2.24) is 9.97 Å². The molecule has 0 radical (unpaired) electrons. The van der Waals surface area contributed by atoms with E-state index in [4.69, 9.17) is 17.3 Å². The Kier molecular flexibility index (Phi) is 4.31. The van der Waals surface area contributed by atoms with Gasteiger partial charge in [-0.25, -0.2) is 4.98 Å². The zero-order valence-electron chi connectivity index (χ0n) is 10.4. The van der Waals surface area contributed by atoms with Crippen LogP contribution in [0.25, 0.3) is 0 Å². The molecule has 8 heteroatoms. The molecule has 0 aliphatic heterocycles. The van der Waals surface area contributed by atoms with Gasteiger partial charge in [-0.3, -0.25) is 10.1 Å². The summed E-state index contributed by atoms with van der Waals surface area (Å²) in [5, 5.41) is 14.0. The number of nitrogens with one attached hydrogen (secondary N) is 1. The van der Waals surface area contributed by atoms with Gasteiger partial charge in [0.15, 0.2) is 0 Å². The van der Waals surface area contributed by atoms with E-state index in [1.807, 2.05) is 6.07 Å². The monoisotopic (exact) mass is 293 g/mol. The van der Waals surface area contributed by atoms with Gasteiger partial charge in [0.2, 0.25) is 5.95 Å². The Bertz CT molecular complexity index is 615. The number of hydrogen-bond acceptors (Lipinski definition) is 6. The van der Waals surface area contributed by atoms with Crippen LogP contribution in [-0.4, -0.2) is 21.4 Å². The van der Waals surface area contributed by atoms with Gasteiger partial charge in [0.25, 0.3) is 5.69 Å². The van der Waals surface area contributed by atoms with Crippen molar-refractivity contribution in [2.24, 2.45) is 0 Å². The third-order valence-electron chi connectivity index (χ3n) is 2.55. The molecule has 0 spiro atoms. The van der Waals surface area contributed by atoms with Crippen molar-refractivity contribution in [3.05, 3.63) is 51.2 Å². The number of rotatable bonds is 5. The van der Waals surface area contributed by atoms with Crippen LogP contribution in [0.2, 0.25) is 5.15 Å². The maximum atomic E-state index is 10.7. The molecule has 1 heterocycles. The maximum absolute atomic E-state index is 10.7. The van der Waals surface area contributed by atoms with Gasteiger partial charge in [-0.1, -0.05) is 23.7 Å². The fourth-order valence-electron chi connectivity index (χ4n) is 1.69. The number of nitrogen functional groups attached to an aromatic ring is 1. The second-order valence-electron chi connectivity index (χ2n) is 4.04. The predicted molar refractivity (Wildman–Crippen MR) is 76.7 cm³/mol. The lowest BCUT2D eigenvalue weighted by Gasteiger charge is -2.06. The molecule has 1 aromatic heterocycles. The zero-order valence-corrected chi connectivity index (χ0v) is 11.2. The minimum Gasteiger partial charge on any atom is -0.370 e. The normalized spacial score (nSPS) is 10.2. The smallest absolute Gasteiger partial charge is 0.269 e. The lowest BCUT2D eigenvalue weighted by molar-refractivity contribution is -0.384. The van der Waals surface area contributed by atoms with E-state index in [0.29, 0.717) is 18.8 Å². The lowest BCUT2D eigenvalue weighted by atomic mass is 10.1. The molecule has 0 amide bonds. The maximum Gasteiger partial charge on any atom is 0.269 e. The molecule has 0 aliphatic carbocycles. The van der Waals surface area contributed by atoms with E-state index in [1.54, 1.807) is 18.2 Å². The van der Waals surface area contributed by atoms with Crippen molar-refractivity contribution >= 4 is 29.1 Å². The van der Waals surface area contributed by atoms with Gasteiger partial charge in [-0.2, -0.15) is 4.98 Å². The van der Waals surface area contributed by atoms with Crippen LogP contribution >= 0.6 is 11.6 Å². The summed E-state index contributed by atoms with van der Waals surface area (Å²) in [6.07, 6.45) is 0.614. The molecular weight excluding hydrogens is 282 g/mol. The Balaban J connectivity index is 1.95. The Morgan fingerprint density at radius 2 is 2.15 bits per heavy atom. The van der Waals surface area contributed by atoms with Crippen molar-refractivity contribution in [2.75, 3.05) is 17.6 Å². The molecule has 0 bridgehead atoms. The van der Waals surface area contributed by atoms with E-state index in [1.165, 1.54) is 6.07 Å². The van der Waals surface area contributed by atoms with E-state index in [9.17, 15) is 10.1 Å². The minimum atomic E-state index is -0.415. The number of anilines is 2. The van der Waals surface area contributed by atoms with Gasteiger partial charge < -0.3 is 11.1 Å². The van der Waals surface area contributed by atoms with Gasteiger partial charge in [-0.15, -0.1) is 0 Å². The van der Waals surface area contributed by atoms with Crippen molar-refractivity contribution in [1.29, 1.82) is 0 Å². The number of nitro benzene ring substituents is 1. The molecular formula is C12H12ClN5O2. The zero-order chi connectivity index (χ0) is 14.5. The van der Waals surface area contributed by atoms with Crippen LogP contribution < -0.4 is 11.1 Å². The van der Waals surface area contributed by atoms with Crippen LogP contribution in [0.1, 0.15) is 5.56 Å².